The molecule has 2 aromatic rings. The summed E-state index contributed by atoms with van der Waals surface area (Å²) >= 11 is 5.83. The number of nitrogens with zero attached hydrogens (tertiary/aromatic N) is 1. The van der Waals surface area contributed by atoms with Gasteiger partial charge < -0.3 is 5.32 Å². The lowest BCUT2D eigenvalue weighted by atomic mass is 9.99. The summed E-state index contributed by atoms with van der Waals surface area (Å²) in [6.07, 6.45) is 1.24. The minimum absolute atomic E-state index is 0.139. The Labute approximate surface area is 176 Å². The molecule has 8 heteroatoms. The Morgan fingerprint density at radius 2 is 1.86 bits per heavy atom. The third-order valence-electron chi connectivity index (χ3n) is 4.75. The summed E-state index contributed by atoms with van der Waals surface area (Å²) in [5.74, 6) is -1.10. The van der Waals surface area contributed by atoms with Gasteiger partial charge in [0.05, 0.1) is 23.0 Å². The van der Waals surface area contributed by atoms with E-state index in [1.807, 2.05) is 39.0 Å². The van der Waals surface area contributed by atoms with Gasteiger partial charge in [-0.1, -0.05) is 42.3 Å². The molecule has 0 aliphatic rings. The van der Waals surface area contributed by atoms with Crippen LogP contribution in [0.5, 0.6) is 0 Å². The summed E-state index contributed by atoms with van der Waals surface area (Å²) in [4.78, 5) is 13.0. The maximum atomic E-state index is 13.6. The van der Waals surface area contributed by atoms with E-state index in [0.717, 1.165) is 33.3 Å². The van der Waals surface area contributed by atoms with Gasteiger partial charge in [0.25, 0.3) is 0 Å². The van der Waals surface area contributed by atoms with Crippen LogP contribution < -0.4 is 9.62 Å². The van der Waals surface area contributed by atoms with Crippen molar-refractivity contribution in [3.63, 3.8) is 0 Å². The van der Waals surface area contributed by atoms with Crippen LogP contribution in [0.2, 0.25) is 5.02 Å². The standard InChI is InChI=1S/C21H26ClFN2O3S/c1-6-20(21(26)24-15(4)17-11-13(2)7-8-14(17)3)25(29(5,27)28)16-9-10-19(23)18(22)12-16/h7-12,15,20H,6H2,1-5H3,(H,24,26)/t15-,20-/m1/s1. The smallest absolute Gasteiger partial charge is 0.244 e. The second kappa shape index (κ2) is 9.13. The molecule has 0 saturated heterocycles. The van der Waals surface area contributed by atoms with Crippen molar-refractivity contribution in [1.29, 1.82) is 0 Å². The average molecular weight is 441 g/mol. The number of rotatable bonds is 7. The fraction of sp³-hybridized carbons (Fsp3) is 0.381. The van der Waals surface area contributed by atoms with Crippen molar-refractivity contribution in [2.75, 3.05) is 10.6 Å². The number of anilines is 1. The van der Waals surface area contributed by atoms with Gasteiger partial charge in [-0.2, -0.15) is 0 Å². The second-order valence-electron chi connectivity index (χ2n) is 7.17. The van der Waals surface area contributed by atoms with E-state index in [1.54, 1.807) is 6.92 Å². The Bertz CT molecular complexity index is 1010. The van der Waals surface area contributed by atoms with Crippen LogP contribution in [0.1, 0.15) is 43.0 Å². The summed E-state index contributed by atoms with van der Waals surface area (Å²) in [5, 5.41) is 2.70. The Hall–Kier alpha value is -2.12. The molecule has 2 rings (SSSR count). The molecule has 0 fully saturated rings. The molecule has 0 radical (unpaired) electrons. The van der Waals surface area contributed by atoms with Gasteiger partial charge in [-0.15, -0.1) is 0 Å². The third kappa shape index (κ3) is 5.48. The summed E-state index contributed by atoms with van der Waals surface area (Å²) in [6.45, 7) is 7.50. The minimum Gasteiger partial charge on any atom is -0.348 e. The fourth-order valence-corrected chi connectivity index (χ4v) is 4.67. The topological polar surface area (TPSA) is 66.5 Å². The molecule has 5 nitrogen and oxygen atoms in total. The first-order valence-corrected chi connectivity index (χ1v) is 11.5. The molecule has 1 N–H and O–H groups in total. The van der Waals surface area contributed by atoms with E-state index in [9.17, 15) is 17.6 Å². The van der Waals surface area contributed by atoms with Crippen molar-refractivity contribution < 1.29 is 17.6 Å². The van der Waals surface area contributed by atoms with Crippen LogP contribution in [0.25, 0.3) is 0 Å². The first-order valence-electron chi connectivity index (χ1n) is 9.27. The van der Waals surface area contributed by atoms with Gasteiger partial charge >= 0.3 is 0 Å². The number of sulfonamides is 1. The maximum Gasteiger partial charge on any atom is 0.244 e. The van der Waals surface area contributed by atoms with Crippen LogP contribution in [0.15, 0.2) is 36.4 Å². The van der Waals surface area contributed by atoms with Crippen molar-refractivity contribution in [2.45, 2.75) is 46.2 Å². The molecule has 2 aromatic carbocycles. The monoisotopic (exact) mass is 440 g/mol. The molecule has 0 heterocycles. The van der Waals surface area contributed by atoms with Gasteiger partial charge in [-0.05, 0) is 56.5 Å². The van der Waals surface area contributed by atoms with Crippen molar-refractivity contribution in [2.24, 2.45) is 0 Å². The number of benzene rings is 2. The first-order chi connectivity index (χ1) is 13.5. The highest BCUT2D eigenvalue weighted by molar-refractivity contribution is 7.92. The van der Waals surface area contributed by atoms with Gasteiger partial charge in [-0.25, -0.2) is 12.8 Å². The number of carbonyl (C=O) groups is 1. The second-order valence-corrected chi connectivity index (χ2v) is 9.44. The molecule has 0 aliphatic heterocycles. The predicted molar refractivity (Wildman–Crippen MR) is 115 cm³/mol. The summed E-state index contributed by atoms with van der Waals surface area (Å²) in [6, 6.07) is 8.25. The zero-order chi connectivity index (χ0) is 21.9. The zero-order valence-corrected chi connectivity index (χ0v) is 18.7. The number of nitrogens with one attached hydrogen (secondary N) is 1. The van der Waals surface area contributed by atoms with Crippen LogP contribution >= 0.6 is 11.6 Å². The third-order valence-corrected chi connectivity index (χ3v) is 6.22. The van der Waals surface area contributed by atoms with Gasteiger partial charge in [0, 0.05) is 0 Å². The van der Waals surface area contributed by atoms with Crippen LogP contribution in [-0.4, -0.2) is 26.6 Å². The van der Waals surface area contributed by atoms with Crippen molar-refractivity contribution in [3.05, 3.63) is 63.9 Å². The van der Waals surface area contributed by atoms with Crippen molar-refractivity contribution in [1.82, 2.24) is 5.32 Å². The summed E-state index contributed by atoms with van der Waals surface area (Å²) in [7, 11) is -3.83. The zero-order valence-electron chi connectivity index (χ0n) is 17.2. The molecule has 158 valence electrons. The molecule has 0 saturated carbocycles. The van der Waals surface area contributed by atoms with Gasteiger partial charge in [-0.3, -0.25) is 9.10 Å². The molecule has 1 amide bonds. The lowest BCUT2D eigenvalue weighted by molar-refractivity contribution is -0.122. The molecule has 2 atom stereocenters. The SMILES string of the molecule is CC[C@H](C(=O)N[C@H](C)c1cc(C)ccc1C)N(c1ccc(F)c(Cl)c1)S(C)(=O)=O. The minimum atomic E-state index is -3.83. The number of halogens is 2. The van der Waals surface area contributed by atoms with Gasteiger partial charge in [0.15, 0.2) is 0 Å². The van der Waals surface area contributed by atoms with Gasteiger partial charge in [0.2, 0.25) is 15.9 Å². The number of hydrogen-bond donors (Lipinski definition) is 1. The Morgan fingerprint density at radius 1 is 1.21 bits per heavy atom. The predicted octanol–water partition coefficient (Wildman–Crippen LogP) is 4.52. The van der Waals surface area contributed by atoms with Crippen LogP contribution in [-0.2, 0) is 14.8 Å². The van der Waals surface area contributed by atoms with E-state index in [2.05, 4.69) is 5.32 Å². The summed E-state index contributed by atoms with van der Waals surface area (Å²) < 4.78 is 39.5. The molecule has 29 heavy (non-hydrogen) atoms. The quantitative estimate of drug-likeness (QED) is 0.688. The highest BCUT2D eigenvalue weighted by atomic mass is 35.5. The number of aryl methyl sites for hydroxylation is 2. The van der Waals surface area contributed by atoms with E-state index in [-0.39, 0.29) is 23.2 Å². The molecule has 0 aromatic heterocycles. The molecule has 0 bridgehead atoms. The van der Waals surface area contributed by atoms with Crippen LogP contribution in [0.4, 0.5) is 10.1 Å². The highest BCUT2D eigenvalue weighted by Gasteiger charge is 2.32. The number of carbonyl (C=O) groups excluding carboxylic acids is 1. The Kier molecular flexibility index (Phi) is 7.30. The van der Waals surface area contributed by atoms with Crippen LogP contribution in [0, 0.1) is 19.7 Å². The lowest BCUT2D eigenvalue weighted by Crippen LogP contribution is -2.49. The van der Waals surface area contributed by atoms with E-state index in [1.165, 1.54) is 12.1 Å². The van der Waals surface area contributed by atoms with Crippen molar-refractivity contribution >= 4 is 33.2 Å². The van der Waals surface area contributed by atoms with E-state index in [4.69, 9.17) is 11.6 Å². The van der Waals surface area contributed by atoms with E-state index in [0.29, 0.717) is 0 Å². The molecule has 0 spiro atoms. The van der Waals surface area contributed by atoms with Gasteiger partial charge in [0.1, 0.15) is 11.9 Å². The molecular weight excluding hydrogens is 415 g/mol. The highest BCUT2D eigenvalue weighted by Crippen LogP contribution is 2.28. The lowest BCUT2D eigenvalue weighted by Gasteiger charge is -2.31. The molecule has 0 aliphatic carbocycles. The van der Waals surface area contributed by atoms with Crippen LogP contribution in [0.3, 0.4) is 0 Å². The fourth-order valence-electron chi connectivity index (χ4n) is 3.30. The largest absolute Gasteiger partial charge is 0.348 e. The molecule has 0 unspecified atom stereocenters. The average Bonchev–Trinajstić information content (AvgIpc) is 2.62. The normalized spacial score (nSPS) is 13.6. The number of hydrogen-bond acceptors (Lipinski definition) is 3. The number of amides is 1. The Balaban J connectivity index is 2.37. The first kappa shape index (κ1) is 23.2. The molecular formula is C21H26ClFN2O3S. The van der Waals surface area contributed by atoms with E-state index >= 15 is 0 Å². The van der Waals surface area contributed by atoms with Crippen molar-refractivity contribution in [3.8, 4) is 0 Å². The maximum absolute atomic E-state index is 13.6. The van der Waals surface area contributed by atoms with E-state index < -0.39 is 27.8 Å². The summed E-state index contributed by atoms with van der Waals surface area (Å²) in [5.41, 5.74) is 3.20. The Morgan fingerprint density at radius 3 is 2.41 bits per heavy atom.